The summed E-state index contributed by atoms with van der Waals surface area (Å²) in [6.45, 7) is 0. The van der Waals surface area contributed by atoms with E-state index in [0.29, 0.717) is 22.4 Å². The van der Waals surface area contributed by atoms with Crippen LogP contribution >= 0.6 is 0 Å². The summed E-state index contributed by atoms with van der Waals surface area (Å²) in [5.41, 5.74) is 0.736. The number of para-hydroxylation sites is 2. The molecule has 0 fully saturated rings. The lowest BCUT2D eigenvalue weighted by atomic mass is 10.1. The molecular formula is C18H15NO5. The van der Waals surface area contributed by atoms with Gasteiger partial charge in [-0.2, -0.15) is 0 Å². The number of methoxy groups -OCH3 is 1. The lowest BCUT2D eigenvalue weighted by Crippen LogP contribution is -2.16. The Kier molecular flexibility index (Phi) is 4.20. The zero-order chi connectivity index (χ0) is 17.1. The number of hydrogen-bond donors (Lipinski definition) is 2. The molecule has 0 aliphatic carbocycles. The van der Waals surface area contributed by atoms with E-state index in [1.165, 1.54) is 25.3 Å². The summed E-state index contributed by atoms with van der Waals surface area (Å²) in [7, 11) is 1.52. The summed E-state index contributed by atoms with van der Waals surface area (Å²) in [6.07, 6.45) is -0.00900. The summed E-state index contributed by atoms with van der Waals surface area (Å²) in [5.74, 6) is 0.244. The standard InChI is InChI=1S/C18H15NO5/c1-23-15-5-3-2-4-14(15)19-17(21)8-11-9-18(22)24-16-10-12(20)6-7-13(11)16/h2-7,9-10,20H,8H2,1H3,(H,19,21). The quantitative estimate of drug-likeness (QED) is 0.720. The van der Waals surface area contributed by atoms with Crippen molar-refractivity contribution in [2.45, 2.75) is 6.42 Å². The fourth-order valence-corrected chi connectivity index (χ4v) is 2.48. The van der Waals surface area contributed by atoms with Crippen molar-refractivity contribution in [2.75, 3.05) is 12.4 Å². The number of amides is 1. The average Bonchev–Trinajstić information content (AvgIpc) is 2.54. The second-order valence-electron chi connectivity index (χ2n) is 5.20. The van der Waals surface area contributed by atoms with E-state index in [2.05, 4.69) is 5.32 Å². The van der Waals surface area contributed by atoms with Crippen molar-refractivity contribution in [3.05, 3.63) is 64.5 Å². The Hall–Kier alpha value is -3.28. The molecule has 6 nitrogen and oxygen atoms in total. The third-order valence-corrected chi connectivity index (χ3v) is 3.55. The SMILES string of the molecule is COc1ccccc1NC(=O)Cc1cc(=O)oc2cc(O)ccc12. The highest BCUT2D eigenvalue weighted by Gasteiger charge is 2.12. The van der Waals surface area contributed by atoms with Gasteiger partial charge in [0.1, 0.15) is 17.1 Å². The van der Waals surface area contributed by atoms with Crippen molar-refractivity contribution in [1.29, 1.82) is 0 Å². The number of ether oxygens (including phenoxy) is 1. The van der Waals surface area contributed by atoms with E-state index >= 15 is 0 Å². The number of hydrogen-bond acceptors (Lipinski definition) is 5. The molecule has 6 heteroatoms. The smallest absolute Gasteiger partial charge is 0.336 e. The molecule has 3 rings (SSSR count). The van der Waals surface area contributed by atoms with Crippen LogP contribution in [0, 0.1) is 0 Å². The molecule has 122 valence electrons. The number of rotatable bonds is 4. The number of nitrogens with one attached hydrogen (secondary N) is 1. The maximum Gasteiger partial charge on any atom is 0.336 e. The number of benzene rings is 2. The lowest BCUT2D eigenvalue weighted by molar-refractivity contribution is -0.115. The van der Waals surface area contributed by atoms with Crippen LogP contribution in [0.15, 0.2) is 57.7 Å². The molecule has 1 heterocycles. The van der Waals surface area contributed by atoms with Gasteiger partial charge in [0.25, 0.3) is 0 Å². The predicted octanol–water partition coefficient (Wildman–Crippen LogP) is 2.69. The molecule has 3 aromatic rings. The summed E-state index contributed by atoms with van der Waals surface area (Å²) in [5, 5.41) is 12.9. The molecule has 0 radical (unpaired) electrons. The summed E-state index contributed by atoms with van der Waals surface area (Å²) >= 11 is 0. The Balaban J connectivity index is 1.89. The van der Waals surface area contributed by atoms with Crippen LogP contribution in [0.1, 0.15) is 5.56 Å². The topological polar surface area (TPSA) is 88.8 Å². The predicted molar refractivity (Wildman–Crippen MR) is 89.5 cm³/mol. The van der Waals surface area contributed by atoms with Gasteiger partial charge in [-0.15, -0.1) is 0 Å². The van der Waals surface area contributed by atoms with Crippen molar-refractivity contribution < 1.29 is 19.1 Å². The van der Waals surface area contributed by atoms with Gasteiger partial charge < -0.3 is 19.6 Å². The Morgan fingerprint density at radius 3 is 2.79 bits per heavy atom. The van der Waals surface area contributed by atoms with Crippen LogP contribution in [0.3, 0.4) is 0 Å². The van der Waals surface area contributed by atoms with Gasteiger partial charge >= 0.3 is 5.63 Å². The molecule has 24 heavy (non-hydrogen) atoms. The third-order valence-electron chi connectivity index (χ3n) is 3.55. The fraction of sp³-hybridized carbons (Fsp3) is 0.111. The first kappa shape index (κ1) is 15.6. The first-order valence-corrected chi connectivity index (χ1v) is 7.25. The normalized spacial score (nSPS) is 10.5. The third kappa shape index (κ3) is 3.22. The number of anilines is 1. The van der Waals surface area contributed by atoms with Crippen LogP contribution in [0.25, 0.3) is 11.0 Å². The van der Waals surface area contributed by atoms with E-state index < -0.39 is 5.63 Å². The second-order valence-corrected chi connectivity index (χ2v) is 5.20. The number of aromatic hydroxyl groups is 1. The van der Waals surface area contributed by atoms with Gasteiger partial charge in [0.15, 0.2) is 0 Å². The van der Waals surface area contributed by atoms with Gasteiger partial charge in [-0.05, 0) is 29.8 Å². The van der Waals surface area contributed by atoms with Gasteiger partial charge in [0.05, 0.1) is 19.2 Å². The molecule has 0 bridgehead atoms. The van der Waals surface area contributed by atoms with Crippen molar-refractivity contribution >= 4 is 22.6 Å². The minimum atomic E-state index is -0.576. The van der Waals surface area contributed by atoms with Gasteiger partial charge in [-0.3, -0.25) is 4.79 Å². The van der Waals surface area contributed by atoms with Crippen molar-refractivity contribution in [2.24, 2.45) is 0 Å². The van der Waals surface area contributed by atoms with Gasteiger partial charge in [-0.25, -0.2) is 4.79 Å². The number of fused-ring (bicyclic) bond motifs is 1. The minimum Gasteiger partial charge on any atom is -0.508 e. The average molecular weight is 325 g/mol. The molecule has 2 N–H and O–H groups in total. The van der Waals surface area contributed by atoms with Gasteiger partial charge in [0, 0.05) is 17.5 Å². The van der Waals surface area contributed by atoms with Crippen LogP contribution in [-0.2, 0) is 11.2 Å². The second kappa shape index (κ2) is 6.45. The minimum absolute atomic E-state index is 0.00900. The van der Waals surface area contributed by atoms with Crippen LogP contribution < -0.4 is 15.7 Å². The van der Waals surface area contributed by atoms with E-state index in [-0.39, 0.29) is 23.7 Å². The maximum atomic E-state index is 12.3. The number of carbonyl (C=O) groups is 1. The molecule has 0 atom stereocenters. The Labute approximate surface area is 137 Å². The van der Waals surface area contributed by atoms with E-state index in [4.69, 9.17) is 9.15 Å². The van der Waals surface area contributed by atoms with Crippen molar-refractivity contribution in [1.82, 2.24) is 0 Å². The maximum absolute atomic E-state index is 12.3. The monoisotopic (exact) mass is 325 g/mol. The largest absolute Gasteiger partial charge is 0.508 e. The summed E-state index contributed by atoms with van der Waals surface area (Å²) < 4.78 is 10.2. The van der Waals surface area contributed by atoms with Crippen molar-refractivity contribution in [3.8, 4) is 11.5 Å². The van der Waals surface area contributed by atoms with Crippen LogP contribution in [0.2, 0.25) is 0 Å². The van der Waals surface area contributed by atoms with E-state index in [0.717, 1.165) is 0 Å². The highest BCUT2D eigenvalue weighted by atomic mass is 16.5. The molecule has 0 aliphatic heterocycles. The molecule has 1 amide bonds. The Bertz CT molecular complexity index is 961. The molecule has 0 saturated carbocycles. The highest BCUT2D eigenvalue weighted by molar-refractivity contribution is 5.96. The van der Waals surface area contributed by atoms with Gasteiger partial charge in [-0.1, -0.05) is 12.1 Å². The molecule has 0 saturated heterocycles. The van der Waals surface area contributed by atoms with Crippen LogP contribution in [0.5, 0.6) is 11.5 Å². The molecule has 1 aromatic heterocycles. The number of carbonyl (C=O) groups excluding carboxylic acids is 1. The van der Waals surface area contributed by atoms with Crippen LogP contribution in [-0.4, -0.2) is 18.1 Å². The van der Waals surface area contributed by atoms with Crippen LogP contribution in [0.4, 0.5) is 5.69 Å². The highest BCUT2D eigenvalue weighted by Crippen LogP contribution is 2.25. The zero-order valence-electron chi connectivity index (χ0n) is 12.9. The van der Waals surface area contributed by atoms with E-state index in [1.54, 1.807) is 30.3 Å². The first-order chi connectivity index (χ1) is 11.6. The van der Waals surface area contributed by atoms with E-state index in [9.17, 15) is 14.7 Å². The number of phenolic OH excluding ortho intramolecular Hbond substituents is 1. The molecular weight excluding hydrogens is 310 g/mol. The molecule has 2 aromatic carbocycles. The summed E-state index contributed by atoms with van der Waals surface area (Å²) in [6, 6.07) is 12.8. The molecule has 0 aliphatic rings. The number of phenols is 1. The Morgan fingerprint density at radius 1 is 1.21 bits per heavy atom. The molecule has 0 spiro atoms. The fourth-order valence-electron chi connectivity index (χ4n) is 2.48. The first-order valence-electron chi connectivity index (χ1n) is 7.25. The lowest BCUT2D eigenvalue weighted by Gasteiger charge is -2.10. The molecule has 0 unspecified atom stereocenters. The summed E-state index contributed by atoms with van der Waals surface area (Å²) in [4.78, 5) is 24.0. The van der Waals surface area contributed by atoms with Crippen molar-refractivity contribution in [3.63, 3.8) is 0 Å². The van der Waals surface area contributed by atoms with Gasteiger partial charge in [0.2, 0.25) is 5.91 Å². The Morgan fingerprint density at radius 2 is 2.00 bits per heavy atom. The van der Waals surface area contributed by atoms with E-state index in [1.807, 2.05) is 0 Å². The zero-order valence-corrected chi connectivity index (χ0v) is 12.9.